The number of aliphatic carboxylic acids is 1. The summed E-state index contributed by atoms with van der Waals surface area (Å²) >= 11 is 0. The Hall–Kier alpha value is -1.32. The number of carbonyl (C=O) groups excluding carboxylic acids is 4. The zero-order valence-electron chi connectivity index (χ0n) is 20.9. The summed E-state index contributed by atoms with van der Waals surface area (Å²) in [6.45, 7) is 5.36. The van der Waals surface area contributed by atoms with Crippen molar-refractivity contribution in [3.8, 4) is 0 Å². The number of ether oxygens (including phenoxy) is 1. The molecule has 0 radical (unpaired) electrons. The first-order valence-electron chi connectivity index (χ1n) is 12.1. The monoisotopic (exact) mass is 496 g/mol. The first kappa shape index (κ1) is 28.3. The molecule has 3 fully saturated rings. The van der Waals surface area contributed by atoms with Gasteiger partial charge in [0.2, 0.25) is 5.78 Å². The minimum Gasteiger partial charge on any atom is -0.550 e. The number of aliphatic hydroxyl groups excluding tert-OH is 1. The first-order chi connectivity index (χ1) is 15.8. The minimum atomic E-state index is -1.75. The molecule has 0 spiro atoms. The predicted molar refractivity (Wildman–Crippen MR) is 118 cm³/mol. The van der Waals surface area contributed by atoms with E-state index in [-0.39, 0.29) is 71.9 Å². The van der Waals surface area contributed by atoms with Crippen molar-refractivity contribution in [3.05, 3.63) is 23.8 Å². The van der Waals surface area contributed by atoms with Crippen molar-refractivity contribution in [2.45, 2.75) is 71.0 Å². The van der Waals surface area contributed by atoms with Crippen molar-refractivity contribution in [3.63, 3.8) is 0 Å². The Morgan fingerprint density at radius 1 is 1.23 bits per heavy atom. The molecular formula is C26H33NaO8. The number of carbonyl (C=O) groups is 4. The minimum absolute atomic E-state index is 0. The summed E-state index contributed by atoms with van der Waals surface area (Å²) in [6, 6.07) is 0. The second-order valence-corrected chi connectivity index (χ2v) is 11.1. The zero-order chi connectivity index (χ0) is 25.1. The summed E-state index contributed by atoms with van der Waals surface area (Å²) in [7, 11) is 0. The van der Waals surface area contributed by atoms with Crippen molar-refractivity contribution in [1.29, 1.82) is 0 Å². The van der Waals surface area contributed by atoms with Crippen LogP contribution >= 0.6 is 0 Å². The summed E-state index contributed by atoms with van der Waals surface area (Å²) in [5.74, 6) is -2.85. The van der Waals surface area contributed by atoms with Crippen molar-refractivity contribution >= 4 is 23.5 Å². The number of esters is 1. The fraction of sp³-hybridized carbons (Fsp3) is 0.692. The van der Waals surface area contributed by atoms with Gasteiger partial charge in [0.05, 0.1) is 12.5 Å². The molecule has 0 heterocycles. The molecule has 4 aliphatic rings. The Bertz CT molecular complexity index is 988. The maximum Gasteiger partial charge on any atom is 1.00 e. The van der Waals surface area contributed by atoms with Gasteiger partial charge >= 0.3 is 35.5 Å². The van der Waals surface area contributed by atoms with E-state index in [1.807, 2.05) is 13.0 Å². The van der Waals surface area contributed by atoms with Gasteiger partial charge in [-0.05, 0) is 62.0 Å². The summed E-state index contributed by atoms with van der Waals surface area (Å²) < 4.78 is 4.95. The third kappa shape index (κ3) is 4.50. The van der Waals surface area contributed by atoms with Gasteiger partial charge in [-0.25, -0.2) is 0 Å². The number of rotatable bonds is 6. The second kappa shape index (κ2) is 9.86. The normalized spacial score (nSPS) is 41.6. The van der Waals surface area contributed by atoms with E-state index in [2.05, 4.69) is 13.8 Å². The smallest absolute Gasteiger partial charge is 0.550 e. The van der Waals surface area contributed by atoms with Crippen LogP contribution in [-0.4, -0.2) is 52.0 Å². The van der Waals surface area contributed by atoms with E-state index in [1.165, 1.54) is 0 Å². The average Bonchev–Trinajstić information content (AvgIpc) is 3.03. The molecule has 3 saturated carbocycles. The standard InChI is InChI=1S/C26H34O8.Na/c1-14-10-16-17-7-9-26(33,20(29)13-34-22(32)5-4-21(30)31)25(17,3)12-19(28)23(16)24(2)8-6-15(27)11-18(14)24;/h6,8,11,14,16-17,19,23,28,33H,4-5,7,9-10,12-13H2,1-3H3,(H,30,31);/q;+1/p-1/t14-,16?,17?,19?,23?,24?,25?,26-;/m0./s1. The number of hydrogen-bond acceptors (Lipinski definition) is 8. The summed E-state index contributed by atoms with van der Waals surface area (Å²) in [4.78, 5) is 47.5. The van der Waals surface area contributed by atoms with E-state index in [9.17, 15) is 34.5 Å². The van der Waals surface area contributed by atoms with Gasteiger partial charge in [-0.15, -0.1) is 0 Å². The molecule has 0 saturated heterocycles. The molecule has 4 rings (SSSR count). The van der Waals surface area contributed by atoms with Gasteiger partial charge in [0.1, 0.15) is 5.60 Å². The van der Waals surface area contributed by atoms with E-state index in [0.29, 0.717) is 6.42 Å². The fourth-order valence-electron chi connectivity index (χ4n) is 7.75. The molecule has 0 aliphatic heterocycles. The maximum absolute atomic E-state index is 13.1. The molecule has 0 aromatic rings. The molecule has 8 nitrogen and oxygen atoms in total. The van der Waals surface area contributed by atoms with E-state index < -0.39 is 59.7 Å². The van der Waals surface area contributed by atoms with Crippen LogP contribution in [0.15, 0.2) is 23.8 Å². The third-order valence-electron chi connectivity index (χ3n) is 9.33. The Morgan fingerprint density at radius 2 is 1.91 bits per heavy atom. The van der Waals surface area contributed by atoms with Gasteiger partial charge in [0.15, 0.2) is 12.4 Å². The Morgan fingerprint density at radius 3 is 2.57 bits per heavy atom. The largest absolute Gasteiger partial charge is 1.00 e. The van der Waals surface area contributed by atoms with Crippen molar-refractivity contribution < 1.29 is 68.8 Å². The SMILES string of the molecule is C[C@H]1CC2C(C(O)CC3(C)C2CC[C@]3(O)C(=O)COC(=O)CCC(=O)[O-])C2(C)C=CC(=O)C=C12.[Na+]. The van der Waals surface area contributed by atoms with E-state index in [4.69, 9.17) is 4.74 Å². The number of allylic oxidation sites excluding steroid dienone is 4. The molecule has 186 valence electrons. The molecular weight excluding hydrogens is 463 g/mol. The molecule has 4 aliphatic carbocycles. The Balaban J connectivity index is 0.00000342. The molecule has 0 bridgehead atoms. The second-order valence-electron chi connectivity index (χ2n) is 11.1. The van der Waals surface area contributed by atoms with Crippen LogP contribution in [-0.2, 0) is 23.9 Å². The van der Waals surface area contributed by atoms with Crippen molar-refractivity contribution in [2.24, 2.45) is 34.5 Å². The van der Waals surface area contributed by atoms with Crippen LogP contribution < -0.4 is 34.7 Å². The zero-order valence-corrected chi connectivity index (χ0v) is 22.9. The first-order valence-corrected chi connectivity index (χ1v) is 12.1. The number of carboxylic acid groups (broad SMARTS) is 1. The Labute approximate surface area is 227 Å². The number of aliphatic hydroxyl groups is 2. The number of ketones is 2. The van der Waals surface area contributed by atoms with Crippen LogP contribution in [0.5, 0.6) is 0 Å². The van der Waals surface area contributed by atoms with Gasteiger partial charge in [-0.3, -0.25) is 14.4 Å². The molecule has 6 unspecified atom stereocenters. The van der Waals surface area contributed by atoms with Gasteiger partial charge in [-0.2, -0.15) is 0 Å². The number of fused-ring (bicyclic) bond motifs is 5. The number of hydrogen-bond donors (Lipinski definition) is 2. The maximum atomic E-state index is 13.1. The van der Waals surface area contributed by atoms with E-state index >= 15 is 0 Å². The third-order valence-corrected chi connectivity index (χ3v) is 9.33. The van der Waals surface area contributed by atoms with Gasteiger partial charge in [0.25, 0.3) is 0 Å². The number of carboxylic acids is 1. The molecule has 0 aromatic carbocycles. The van der Waals surface area contributed by atoms with Crippen LogP contribution in [0, 0.1) is 34.5 Å². The summed E-state index contributed by atoms with van der Waals surface area (Å²) in [6.07, 6.45) is 5.30. The van der Waals surface area contributed by atoms with Crippen LogP contribution in [0.1, 0.15) is 59.3 Å². The van der Waals surface area contributed by atoms with Gasteiger partial charge < -0.3 is 24.9 Å². The molecule has 8 atom stereocenters. The topological polar surface area (TPSA) is 141 Å². The molecule has 9 heteroatoms. The average molecular weight is 497 g/mol. The summed E-state index contributed by atoms with van der Waals surface area (Å²) in [5.41, 5.74) is -2.07. The van der Waals surface area contributed by atoms with E-state index in [0.717, 1.165) is 12.0 Å². The number of Topliss-reactive ketones (excluding diaryl/α,β-unsaturated/α-hetero) is 1. The molecule has 35 heavy (non-hydrogen) atoms. The van der Waals surface area contributed by atoms with Crippen LogP contribution in [0.3, 0.4) is 0 Å². The van der Waals surface area contributed by atoms with Gasteiger partial charge in [-0.1, -0.05) is 32.4 Å². The van der Waals surface area contributed by atoms with Crippen molar-refractivity contribution in [1.82, 2.24) is 0 Å². The Kier molecular flexibility index (Phi) is 7.96. The predicted octanol–water partition coefficient (Wildman–Crippen LogP) is -2.11. The van der Waals surface area contributed by atoms with Crippen LogP contribution in [0.25, 0.3) is 0 Å². The quantitative estimate of drug-likeness (QED) is 0.314. The molecule has 0 aromatic heterocycles. The van der Waals surface area contributed by atoms with E-state index in [1.54, 1.807) is 12.2 Å². The molecule has 2 N–H and O–H groups in total. The van der Waals surface area contributed by atoms with Crippen molar-refractivity contribution in [2.75, 3.05) is 6.61 Å². The van der Waals surface area contributed by atoms with Crippen LogP contribution in [0.2, 0.25) is 0 Å². The van der Waals surface area contributed by atoms with Gasteiger partial charge in [0, 0.05) is 22.7 Å². The van der Waals surface area contributed by atoms with Crippen LogP contribution in [0.4, 0.5) is 0 Å². The molecule has 0 amide bonds. The summed E-state index contributed by atoms with van der Waals surface area (Å²) in [5, 5.41) is 33.6. The fourth-order valence-corrected chi connectivity index (χ4v) is 7.75.